The van der Waals surface area contributed by atoms with Crippen LogP contribution in [-0.2, 0) is 11.2 Å². The van der Waals surface area contributed by atoms with Crippen molar-refractivity contribution in [3.8, 4) is 5.75 Å². The fourth-order valence-corrected chi connectivity index (χ4v) is 2.87. The SMILES string of the molecule is CC(CCNC1CCc2cc(O)ccc21)NC(=O)OC(C)(C)C. The van der Waals surface area contributed by atoms with Crippen LogP contribution < -0.4 is 10.6 Å². The number of carbonyl (C=O) groups excluding carboxylic acids is 1. The van der Waals surface area contributed by atoms with E-state index in [-0.39, 0.29) is 12.1 Å². The molecule has 1 aliphatic carbocycles. The van der Waals surface area contributed by atoms with E-state index >= 15 is 0 Å². The average Bonchev–Trinajstić information content (AvgIpc) is 2.78. The van der Waals surface area contributed by atoms with Crippen molar-refractivity contribution < 1.29 is 14.6 Å². The van der Waals surface area contributed by atoms with Gasteiger partial charge in [-0.15, -0.1) is 0 Å². The molecule has 0 heterocycles. The number of amides is 1. The minimum Gasteiger partial charge on any atom is -0.508 e. The predicted molar refractivity (Wildman–Crippen MR) is 90.6 cm³/mol. The first-order valence-electron chi connectivity index (χ1n) is 8.29. The van der Waals surface area contributed by atoms with E-state index in [0.29, 0.717) is 11.8 Å². The zero-order valence-corrected chi connectivity index (χ0v) is 14.5. The summed E-state index contributed by atoms with van der Waals surface area (Å²) < 4.78 is 5.25. The highest BCUT2D eigenvalue weighted by Gasteiger charge is 2.22. The Hall–Kier alpha value is -1.75. The smallest absolute Gasteiger partial charge is 0.407 e. The van der Waals surface area contributed by atoms with Gasteiger partial charge in [0, 0.05) is 12.1 Å². The largest absolute Gasteiger partial charge is 0.508 e. The maximum atomic E-state index is 11.7. The Morgan fingerprint density at radius 1 is 1.43 bits per heavy atom. The zero-order chi connectivity index (χ0) is 17.0. The Balaban J connectivity index is 1.73. The molecule has 0 spiro atoms. The molecule has 5 nitrogen and oxygen atoms in total. The van der Waals surface area contributed by atoms with E-state index in [2.05, 4.69) is 10.6 Å². The Bertz CT molecular complexity index is 552. The van der Waals surface area contributed by atoms with Gasteiger partial charge in [0.05, 0.1) is 0 Å². The normalized spacial score (nSPS) is 18.3. The molecular formula is C18H28N2O3. The molecule has 0 fully saturated rings. The first-order chi connectivity index (χ1) is 10.7. The van der Waals surface area contributed by atoms with Crippen LogP contribution >= 0.6 is 0 Å². The zero-order valence-electron chi connectivity index (χ0n) is 14.5. The van der Waals surface area contributed by atoms with Crippen LogP contribution in [0, 0.1) is 0 Å². The second kappa shape index (κ2) is 7.21. The third-order valence-corrected chi connectivity index (χ3v) is 3.94. The van der Waals surface area contributed by atoms with Gasteiger partial charge in [-0.1, -0.05) is 6.07 Å². The van der Waals surface area contributed by atoms with Crippen molar-refractivity contribution in [2.45, 2.75) is 64.6 Å². The van der Waals surface area contributed by atoms with Gasteiger partial charge in [0.2, 0.25) is 0 Å². The number of aryl methyl sites for hydroxylation is 1. The van der Waals surface area contributed by atoms with Crippen LogP contribution in [0.5, 0.6) is 5.75 Å². The maximum absolute atomic E-state index is 11.7. The minimum atomic E-state index is -0.471. The number of nitrogens with one attached hydrogen (secondary N) is 2. The molecule has 2 unspecified atom stereocenters. The number of fused-ring (bicyclic) bond motifs is 1. The lowest BCUT2D eigenvalue weighted by Gasteiger charge is -2.22. The first-order valence-corrected chi connectivity index (χ1v) is 8.29. The van der Waals surface area contributed by atoms with Gasteiger partial charge in [-0.05, 0) is 76.8 Å². The topological polar surface area (TPSA) is 70.6 Å². The van der Waals surface area contributed by atoms with Gasteiger partial charge in [0.25, 0.3) is 0 Å². The van der Waals surface area contributed by atoms with Crippen LogP contribution in [0.15, 0.2) is 18.2 Å². The lowest BCUT2D eigenvalue weighted by Crippen LogP contribution is -2.39. The molecule has 2 atom stereocenters. The van der Waals surface area contributed by atoms with Crippen LogP contribution in [0.25, 0.3) is 0 Å². The van der Waals surface area contributed by atoms with E-state index in [1.165, 1.54) is 11.1 Å². The van der Waals surface area contributed by atoms with Crippen molar-refractivity contribution >= 4 is 6.09 Å². The highest BCUT2D eigenvalue weighted by Crippen LogP contribution is 2.33. The van der Waals surface area contributed by atoms with Crippen LogP contribution in [0.4, 0.5) is 4.79 Å². The van der Waals surface area contributed by atoms with Gasteiger partial charge in [-0.3, -0.25) is 0 Å². The number of carbonyl (C=O) groups is 1. The number of hydrogen-bond donors (Lipinski definition) is 3. The number of alkyl carbamates (subject to hydrolysis) is 1. The molecule has 0 aromatic heterocycles. The summed E-state index contributed by atoms with van der Waals surface area (Å²) in [7, 11) is 0. The molecule has 0 saturated heterocycles. The van der Waals surface area contributed by atoms with Gasteiger partial charge < -0.3 is 20.5 Å². The summed E-state index contributed by atoms with van der Waals surface area (Å²) in [6.45, 7) is 8.37. The van der Waals surface area contributed by atoms with Crippen molar-refractivity contribution in [3.05, 3.63) is 29.3 Å². The van der Waals surface area contributed by atoms with Gasteiger partial charge in [0.1, 0.15) is 11.4 Å². The number of phenolic OH excluding ortho intramolecular Hbond substituents is 1. The summed E-state index contributed by atoms with van der Waals surface area (Å²) in [6, 6.07) is 5.98. The second-order valence-corrected chi connectivity index (χ2v) is 7.26. The number of benzene rings is 1. The van der Waals surface area contributed by atoms with E-state index in [1.807, 2.05) is 39.8 Å². The van der Waals surface area contributed by atoms with E-state index in [1.54, 1.807) is 6.07 Å². The summed E-state index contributed by atoms with van der Waals surface area (Å²) in [5.74, 6) is 0.333. The molecule has 0 aliphatic heterocycles. The lowest BCUT2D eigenvalue weighted by molar-refractivity contribution is 0.0506. The summed E-state index contributed by atoms with van der Waals surface area (Å²) in [6.07, 6.45) is 2.51. The Morgan fingerprint density at radius 2 is 2.17 bits per heavy atom. The molecule has 0 radical (unpaired) electrons. The number of rotatable bonds is 5. The number of aromatic hydroxyl groups is 1. The predicted octanol–water partition coefficient (Wildman–Crippen LogP) is 3.27. The summed E-state index contributed by atoms with van der Waals surface area (Å²) >= 11 is 0. The molecule has 23 heavy (non-hydrogen) atoms. The molecule has 128 valence electrons. The van der Waals surface area contributed by atoms with Gasteiger partial charge in [-0.2, -0.15) is 0 Å². The molecule has 1 aliphatic rings. The highest BCUT2D eigenvalue weighted by atomic mass is 16.6. The maximum Gasteiger partial charge on any atom is 0.407 e. The lowest BCUT2D eigenvalue weighted by atomic mass is 10.1. The Labute approximate surface area is 138 Å². The molecule has 1 amide bonds. The molecule has 0 saturated carbocycles. The summed E-state index contributed by atoms with van der Waals surface area (Å²) in [5, 5.41) is 15.9. The number of ether oxygens (including phenoxy) is 1. The fourth-order valence-electron chi connectivity index (χ4n) is 2.87. The summed E-state index contributed by atoms with van der Waals surface area (Å²) in [5.41, 5.74) is 2.03. The monoisotopic (exact) mass is 320 g/mol. The van der Waals surface area contributed by atoms with Gasteiger partial charge >= 0.3 is 6.09 Å². The standard InChI is InChI=1S/C18H28N2O3/c1-12(20-17(22)23-18(2,3)4)9-10-19-16-8-5-13-11-14(21)6-7-15(13)16/h6-7,11-12,16,19,21H,5,8-10H2,1-4H3,(H,20,22). The number of phenols is 1. The highest BCUT2D eigenvalue weighted by molar-refractivity contribution is 5.68. The van der Waals surface area contributed by atoms with Crippen molar-refractivity contribution in [2.24, 2.45) is 0 Å². The summed E-state index contributed by atoms with van der Waals surface area (Å²) in [4.78, 5) is 11.7. The van der Waals surface area contributed by atoms with Crippen molar-refractivity contribution in [2.75, 3.05) is 6.54 Å². The molecular weight excluding hydrogens is 292 g/mol. The third-order valence-electron chi connectivity index (χ3n) is 3.94. The van der Waals surface area contributed by atoms with Crippen LogP contribution in [0.2, 0.25) is 0 Å². The van der Waals surface area contributed by atoms with Crippen LogP contribution in [0.3, 0.4) is 0 Å². The van der Waals surface area contributed by atoms with E-state index in [9.17, 15) is 9.90 Å². The van der Waals surface area contributed by atoms with Crippen molar-refractivity contribution in [1.29, 1.82) is 0 Å². The van der Waals surface area contributed by atoms with Gasteiger partial charge in [-0.25, -0.2) is 4.79 Å². The Morgan fingerprint density at radius 3 is 2.87 bits per heavy atom. The molecule has 3 N–H and O–H groups in total. The van der Waals surface area contributed by atoms with Gasteiger partial charge in [0.15, 0.2) is 0 Å². The van der Waals surface area contributed by atoms with Crippen molar-refractivity contribution in [1.82, 2.24) is 10.6 Å². The minimum absolute atomic E-state index is 0.0537. The fraction of sp³-hybridized carbons (Fsp3) is 0.611. The van der Waals surface area contributed by atoms with Crippen LogP contribution in [-0.4, -0.2) is 29.4 Å². The molecule has 5 heteroatoms. The quantitative estimate of drug-likeness (QED) is 0.779. The molecule has 0 bridgehead atoms. The van der Waals surface area contributed by atoms with Crippen molar-refractivity contribution in [3.63, 3.8) is 0 Å². The molecule has 1 aromatic carbocycles. The Kier molecular flexibility index (Phi) is 5.52. The average molecular weight is 320 g/mol. The first kappa shape index (κ1) is 17.6. The van der Waals surface area contributed by atoms with E-state index in [0.717, 1.165) is 25.8 Å². The van der Waals surface area contributed by atoms with E-state index in [4.69, 9.17) is 4.74 Å². The van der Waals surface area contributed by atoms with Crippen LogP contribution in [0.1, 0.15) is 57.7 Å². The van der Waals surface area contributed by atoms with E-state index < -0.39 is 5.60 Å². The third kappa shape index (κ3) is 5.43. The molecule has 1 aromatic rings. The molecule has 2 rings (SSSR count). The second-order valence-electron chi connectivity index (χ2n) is 7.26. The number of hydrogen-bond acceptors (Lipinski definition) is 4.